The van der Waals surface area contributed by atoms with E-state index in [0.717, 1.165) is 5.75 Å². The molecule has 21 heavy (non-hydrogen) atoms. The predicted octanol–water partition coefficient (Wildman–Crippen LogP) is 2.64. The first kappa shape index (κ1) is 17.6. The lowest BCUT2D eigenvalue weighted by molar-refractivity contribution is -0.141. The molecule has 0 atom stereocenters. The molecule has 1 amide bonds. The van der Waals surface area contributed by atoms with Crippen LogP contribution < -0.4 is 0 Å². The molecule has 1 aromatic rings. The van der Waals surface area contributed by atoms with Crippen LogP contribution in [0.1, 0.15) is 24.5 Å². The average molecular weight is 309 g/mol. The summed E-state index contributed by atoms with van der Waals surface area (Å²) in [4.78, 5) is 24.9. The second kappa shape index (κ2) is 9.45. The second-order valence-corrected chi connectivity index (χ2v) is 5.76. The molecule has 1 aromatic carbocycles. The lowest BCUT2D eigenvalue weighted by atomic mass is 10.2. The van der Waals surface area contributed by atoms with Crippen LogP contribution in [-0.2, 0) is 20.1 Å². The Morgan fingerprint density at radius 1 is 1.24 bits per heavy atom. The van der Waals surface area contributed by atoms with Gasteiger partial charge in [0.05, 0.1) is 19.3 Å². The molecule has 116 valence electrons. The first-order chi connectivity index (χ1) is 10.1. The normalized spacial score (nSPS) is 10.2. The summed E-state index contributed by atoms with van der Waals surface area (Å²) in [5.74, 6) is 1.04. The topological polar surface area (TPSA) is 46.6 Å². The van der Waals surface area contributed by atoms with E-state index in [1.165, 1.54) is 18.2 Å². The summed E-state index contributed by atoms with van der Waals surface area (Å²) >= 11 is 1.60. The SMILES string of the molecule is CCN(CCC(=O)OC)C(=O)CSCc1ccc(C)cc1. The number of nitrogens with zero attached hydrogens (tertiary/aromatic N) is 1. The zero-order valence-corrected chi connectivity index (χ0v) is 13.7. The molecule has 0 bridgehead atoms. The van der Waals surface area contributed by atoms with Crippen LogP contribution in [0, 0.1) is 6.92 Å². The Bertz CT molecular complexity index is 459. The third-order valence-corrected chi connectivity index (χ3v) is 4.15. The van der Waals surface area contributed by atoms with Crippen molar-refractivity contribution in [2.75, 3.05) is 26.0 Å². The summed E-state index contributed by atoms with van der Waals surface area (Å²) in [6.07, 6.45) is 0.249. The molecule has 0 saturated carbocycles. The van der Waals surface area contributed by atoms with Crippen molar-refractivity contribution in [1.29, 1.82) is 0 Å². The molecule has 0 aliphatic carbocycles. The van der Waals surface area contributed by atoms with E-state index in [-0.39, 0.29) is 18.3 Å². The number of hydrogen-bond acceptors (Lipinski definition) is 4. The fourth-order valence-corrected chi connectivity index (χ4v) is 2.71. The van der Waals surface area contributed by atoms with Crippen molar-refractivity contribution in [3.8, 4) is 0 Å². The quantitative estimate of drug-likeness (QED) is 0.693. The van der Waals surface area contributed by atoms with Gasteiger partial charge >= 0.3 is 5.97 Å². The number of rotatable bonds is 8. The maximum absolute atomic E-state index is 12.1. The maximum Gasteiger partial charge on any atom is 0.307 e. The molecule has 0 aliphatic heterocycles. The minimum Gasteiger partial charge on any atom is -0.469 e. The summed E-state index contributed by atoms with van der Waals surface area (Å²) in [6.45, 7) is 5.01. The summed E-state index contributed by atoms with van der Waals surface area (Å²) in [7, 11) is 1.36. The Hall–Kier alpha value is -1.49. The largest absolute Gasteiger partial charge is 0.469 e. The highest BCUT2D eigenvalue weighted by Gasteiger charge is 2.13. The van der Waals surface area contributed by atoms with Crippen LogP contribution in [0.4, 0.5) is 0 Å². The van der Waals surface area contributed by atoms with Gasteiger partial charge in [-0.15, -0.1) is 11.8 Å². The Morgan fingerprint density at radius 2 is 1.90 bits per heavy atom. The molecule has 0 aromatic heterocycles. The van der Waals surface area contributed by atoms with E-state index in [1.54, 1.807) is 16.7 Å². The van der Waals surface area contributed by atoms with Gasteiger partial charge in [0.1, 0.15) is 0 Å². The number of aryl methyl sites for hydroxylation is 1. The molecule has 4 nitrogen and oxygen atoms in total. The number of esters is 1. The number of carbonyl (C=O) groups excluding carboxylic acids is 2. The molecule has 0 unspecified atom stereocenters. The third-order valence-electron chi connectivity index (χ3n) is 3.16. The van der Waals surface area contributed by atoms with Crippen LogP contribution in [-0.4, -0.2) is 42.7 Å². The van der Waals surface area contributed by atoms with Gasteiger partial charge in [0, 0.05) is 18.8 Å². The van der Waals surface area contributed by atoms with Crippen molar-refractivity contribution in [1.82, 2.24) is 4.90 Å². The van der Waals surface area contributed by atoms with Gasteiger partial charge in [-0.3, -0.25) is 9.59 Å². The number of benzene rings is 1. The van der Waals surface area contributed by atoms with Gasteiger partial charge in [-0.1, -0.05) is 29.8 Å². The van der Waals surface area contributed by atoms with Crippen molar-refractivity contribution in [3.05, 3.63) is 35.4 Å². The molecule has 5 heteroatoms. The maximum atomic E-state index is 12.1. The Labute approximate surface area is 130 Å². The molecular formula is C16H23NO3S. The minimum atomic E-state index is -0.284. The second-order valence-electron chi connectivity index (χ2n) is 4.78. The molecular weight excluding hydrogens is 286 g/mol. The summed E-state index contributed by atoms with van der Waals surface area (Å²) in [5, 5.41) is 0. The van der Waals surface area contributed by atoms with E-state index in [1.807, 2.05) is 6.92 Å². The van der Waals surface area contributed by atoms with Crippen molar-refractivity contribution in [2.45, 2.75) is 26.0 Å². The van der Waals surface area contributed by atoms with Crippen LogP contribution >= 0.6 is 11.8 Å². The van der Waals surface area contributed by atoms with Gasteiger partial charge in [-0.25, -0.2) is 0 Å². The van der Waals surface area contributed by atoms with Crippen molar-refractivity contribution in [2.24, 2.45) is 0 Å². The lowest BCUT2D eigenvalue weighted by Crippen LogP contribution is -2.34. The van der Waals surface area contributed by atoms with Crippen LogP contribution in [0.2, 0.25) is 0 Å². The Morgan fingerprint density at radius 3 is 2.48 bits per heavy atom. The average Bonchev–Trinajstić information content (AvgIpc) is 2.49. The molecule has 0 radical (unpaired) electrons. The molecule has 0 heterocycles. The summed E-state index contributed by atoms with van der Waals surface area (Å²) in [6, 6.07) is 8.32. The highest BCUT2D eigenvalue weighted by molar-refractivity contribution is 7.99. The Balaban J connectivity index is 2.33. The standard InChI is InChI=1S/C16H23NO3S/c1-4-17(10-9-16(19)20-3)15(18)12-21-11-14-7-5-13(2)6-8-14/h5-8H,4,9-12H2,1-3H3. The number of methoxy groups -OCH3 is 1. The number of thioether (sulfide) groups is 1. The number of hydrogen-bond donors (Lipinski definition) is 0. The molecule has 0 saturated heterocycles. The van der Waals surface area contributed by atoms with Gasteiger partial charge in [0.25, 0.3) is 0 Å². The zero-order valence-electron chi connectivity index (χ0n) is 12.9. The van der Waals surface area contributed by atoms with E-state index in [9.17, 15) is 9.59 Å². The van der Waals surface area contributed by atoms with E-state index in [2.05, 4.69) is 35.9 Å². The van der Waals surface area contributed by atoms with Gasteiger partial charge < -0.3 is 9.64 Å². The van der Waals surface area contributed by atoms with Crippen LogP contribution in [0.25, 0.3) is 0 Å². The number of amides is 1. The van der Waals surface area contributed by atoms with E-state index < -0.39 is 0 Å². The Kier molecular flexibility index (Phi) is 7.90. The predicted molar refractivity (Wildman–Crippen MR) is 86.2 cm³/mol. The fourth-order valence-electron chi connectivity index (χ4n) is 1.82. The smallest absolute Gasteiger partial charge is 0.307 e. The van der Waals surface area contributed by atoms with Crippen LogP contribution in [0.5, 0.6) is 0 Å². The number of ether oxygens (including phenoxy) is 1. The lowest BCUT2D eigenvalue weighted by Gasteiger charge is -2.20. The van der Waals surface area contributed by atoms with Crippen LogP contribution in [0.3, 0.4) is 0 Å². The first-order valence-electron chi connectivity index (χ1n) is 7.04. The van der Waals surface area contributed by atoms with E-state index >= 15 is 0 Å². The first-order valence-corrected chi connectivity index (χ1v) is 8.20. The third kappa shape index (κ3) is 6.67. The number of carbonyl (C=O) groups is 2. The molecule has 0 spiro atoms. The van der Waals surface area contributed by atoms with E-state index in [0.29, 0.717) is 18.8 Å². The van der Waals surface area contributed by atoms with Gasteiger partial charge in [0.2, 0.25) is 5.91 Å². The molecule has 1 rings (SSSR count). The van der Waals surface area contributed by atoms with Crippen molar-refractivity contribution >= 4 is 23.6 Å². The van der Waals surface area contributed by atoms with Gasteiger partial charge in [-0.05, 0) is 19.4 Å². The van der Waals surface area contributed by atoms with Gasteiger partial charge in [-0.2, -0.15) is 0 Å². The van der Waals surface area contributed by atoms with Crippen molar-refractivity contribution < 1.29 is 14.3 Å². The zero-order chi connectivity index (χ0) is 15.7. The van der Waals surface area contributed by atoms with E-state index in [4.69, 9.17) is 0 Å². The highest BCUT2D eigenvalue weighted by atomic mass is 32.2. The minimum absolute atomic E-state index is 0.0681. The summed E-state index contributed by atoms with van der Waals surface area (Å²) in [5.41, 5.74) is 2.45. The summed E-state index contributed by atoms with van der Waals surface area (Å²) < 4.78 is 4.59. The van der Waals surface area contributed by atoms with Crippen LogP contribution in [0.15, 0.2) is 24.3 Å². The fraction of sp³-hybridized carbons (Fsp3) is 0.500. The molecule has 0 N–H and O–H groups in total. The molecule has 0 fully saturated rings. The highest BCUT2D eigenvalue weighted by Crippen LogP contribution is 2.13. The van der Waals surface area contributed by atoms with Crippen molar-refractivity contribution in [3.63, 3.8) is 0 Å². The van der Waals surface area contributed by atoms with Gasteiger partial charge in [0.15, 0.2) is 0 Å². The molecule has 0 aliphatic rings. The monoisotopic (exact) mass is 309 g/mol.